The van der Waals surface area contributed by atoms with Crippen molar-refractivity contribution in [3.8, 4) is 0 Å². The van der Waals surface area contributed by atoms with Crippen molar-refractivity contribution in [3.63, 3.8) is 0 Å². The summed E-state index contributed by atoms with van der Waals surface area (Å²) >= 11 is 0. The molecule has 0 aromatic carbocycles. The van der Waals surface area contributed by atoms with Crippen LogP contribution in [0.25, 0.3) is 0 Å². The highest BCUT2D eigenvalue weighted by atomic mass is 16.3. The Morgan fingerprint density at radius 3 is 2.80 bits per heavy atom. The van der Waals surface area contributed by atoms with Gasteiger partial charge < -0.3 is 10.0 Å². The third-order valence-electron chi connectivity index (χ3n) is 5.53. The van der Waals surface area contributed by atoms with Crippen LogP contribution in [-0.4, -0.2) is 58.6 Å². The summed E-state index contributed by atoms with van der Waals surface area (Å²) in [7, 11) is 0. The molecule has 1 saturated carbocycles. The summed E-state index contributed by atoms with van der Waals surface area (Å²) in [6.45, 7) is 4.40. The molecule has 2 aliphatic heterocycles. The minimum atomic E-state index is -0.389. The van der Waals surface area contributed by atoms with Crippen LogP contribution in [0.4, 0.5) is 0 Å². The molecule has 0 aromatic heterocycles. The molecule has 4 atom stereocenters. The number of hydrogen-bond donors (Lipinski definition) is 1. The van der Waals surface area contributed by atoms with Gasteiger partial charge in [-0.15, -0.1) is 0 Å². The number of hydrogen-bond acceptors (Lipinski definition) is 3. The molecule has 2 heterocycles. The second-order valence-corrected chi connectivity index (χ2v) is 6.99. The minimum Gasteiger partial charge on any atom is -0.390 e. The molecule has 0 aromatic rings. The number of likely N-dealkylation sites (tertiary alicyclic amines) is 2. The number of carbonyl (C=O) groups excluding carboxylic acids is 1. The molecule has 1 N–H and O–H groups in total. The lowest BCUT2D eigenvalue weighted by Crippen LogP contribution is -2.46. The van der Waals surface area contributed by atoms with Gasteiger partial charge in [-0.25, -0.2) is 0 Å². The third kappa shape index (κ3) is 2.86. The molecule has 20 heavy (non-hydrogen) atoms. The maximum Gasteiger partial charge on any atom is 0.222 e. The Bertz CT molecular complexity index is 360. The second kappa shape index (κ2) is 6.02. The molecule has 3 rings (SSSR count). The fraction of sp³-hybridized carbons (Fsp3) is 0.938. The molecule has 1 amide bonds. The molecule has 2 saturated heterocycles. The minimum absolute atomic E-state index is 0.217. The van der Waals surface area contributed by atoms with Gasteiger partial charge >= 0.3 is 0 Å². The average molecular weight is 280 g/mol. The summed E-state index contributed by atoms with van der Waals surface area (Å²) in [6, 6.07) is 1.27. The number of aliphatic hydroxyl groups excluding tert-OH is 1. The first-order valence-corrected chi connectivity index (χ1v) is 8.36. The van der Waals surface area contributed by atoms with E-state index in [0.717, 1.165) is 25.4 Å². The van der Waals surface area contributed by atoms with E-state index >= 15 is 0 Å². The molecular formula is C16H28N2O2. The molecule has 0 spiro atoms. The summed E-state index contributed by atoms with van der Waals surface area (Å²) in [4.78, 5) is 16.0. The number of fused-ring (bicyclic) bond motifs is 1. The summed E-state index contributed by atoms with van der Waals surface area (Å²) in [5.74, 6) is 1.06. The van der Waals surface area contributed by atoms with Gasteiger partial charge in [0.15, 0.2) is 0 Å². The van der Waals surface area contributed by atoms with Crippen molar-refractivity contribution in [1.29, 1.82) is 0 Å². The molecule has 3 fully saturated rings. The van der Waals surface area contributed by atoms with E-state index in [9.17, 15) is 9.90 Å². The van der Waals surface area contributed by atoms with E-state index in [0.29, 0.717) is 25.0 Å². The van der Waals surface area contributed by atoms with Gasteiger partial charge in [0.2, 0.25) is 5.91 Å². The first-order valence-electron chi connectivity index (χ1n) is 8.36. The van der Waals surface area contributed by atoms with Gasteiger partial charge in [0, 0.05) is 38.1 Å². The molecule has 1 aliphatic carbocycles. The first kappa shape index (κ1) is 14.3. The molecule has 4 nitrogen and oxygen atoms in total. The molecule has 3 aliphatic rings. The van der Waals surface area contributed by atoms with Crippen LogP contribution in [0.15, 0.2) is 0 Å². The van der Waals surface area contributed by atoms with E-state index in [-0.39, 0.29) is 12.0 Å². The van der Waals surface area contributed by atoms with E-state index < -0.39 is 0 Å². The van der Waals surface area contributed by atoms with Crippen LogP contribution in [0.2, 0.25) is 0 Å². The maximum atomic E-state index is 11.6. The van der Waals surface area contributed by atoms with Crippen LogP contribution in [0, 0.1) is 5.92 Å². The molecule has 0 radical (unpaired) electrons. The monoisotopic (exact) mass is 280 g/mol. The van der Waals surface area contributed by atoms with Gasteiger partial charge in [0.1, 0.15) is 0 Å². The number of amides is 1. The largest absolute Gasteiger partial charge is 0.390 e. The topological polar surface area (TPSA) is 43.8 Å². The molecule has 0 bridgehead atoms. The molecule has 114 valence electrons. The second-order valence-electron chi connectivity index (χ2n) is 6.99. The van der Waals surface area contributed by atoms with Crippen molar-refractivity contribution in [1.82, 2.24) is 9.80 Å². The predicted molar refractivity (Wildman–Crippen MR) is 78.4 cm³/mol. The third-order valence-corrected chi connectivity index (χ3v) is 5.53. The van der Waals surface area contributed by atoms with Gasteiger partial charge in [-0.1, -0.05) is 12.8 Å². The van der Waals surface area contributed by atoms with Gasteiger partial charge in [-0.2, -0.15) is 0 Å². The summed E-state index contributed by atoms with van der Waals surface area (Å²) in [5, 5.41) is 10.4. The first-order chi connectivity index (χ1) is 9.65. The Morgan fingerprint density at radius 1 is 1.25 bits per heavy atom. The zero-order chi connectivity index (χ0) is 14.1. The lowest BCUT2D eigenvalue weighted by Gasteiger charge is -2.35. The quantitative estimate of drug-likeness (QED) is 0.851. The average Bonchev–Trinajstić information content (AvgIpc) is 2.95. The highest BCUT2D eigenvalue weighted by Gasteiger charge is 2.40. The Morgan fingerprint density at radius 2 is 2.05 bits per heavy atom. The maximum absolute atomic E-state index is 11.6. The van der Waals surface area contributed by atoms with Crippen LogP contribution in [0.3, 0.4) is 0 Å². The van der Waals surface area contributed by atoms with Crippen LogP contribution < -0.4 is 0 Å². The van der Waals surface area contributed by atoms with Crippen molar-refractivity contribution in [3.05, 3.63) is 0 Å². The number of aliphatic hydroxyl groups is 1. The highest BCUT2D eigenvalue weighted by Crippen LogP contribution is 2.39. The van der Waals surface area contributed by atoms with Gasteiger partial charge in [-0.05, 0) is 38.5 Å². The van der Waals surface area contributed by atoms with E-state index in [1.165, 1.54) is 32.1 Å². The van der Waals surface area contributed by atoms with Crippen molar-refractivity contribution in [2.24, 2.45) is 5.92 Å². The van der Waals surface area contributed by atoms with Crippen molar-refractivity contribution >= 4 is 5.91 Å². The molecule has 4 heteroatoms. The lowest BCUT2D eigenvalue weighted by molar-refractivity contribution is -0.129. The van der Waals surface area contributed by atoms with E-state index in [1.54, 1.807) is 0 Å². The van der Waals surface area contributed by atoms with Crippen molar-refractivity contribution < 1.29 is 9.90 Å². The molecular weight excluding hydrogens is 252 g/mol. The fourth-order valence-electron chi connectivity index (χ4n) is 4.57. The summed E-state index contributed by atoms with van der Waals surface area (Å²) in [6.07, 6.45) is 7.91. The standard InChI is InChI=1S/C16H28N2O2/c1-12-9-13-5-2-3-6-15(13)18(12)11-14(19)10-17-8-4-7-16(17)20/h12-15,19H,2-11H2,1H3/t12-,13+,14+,15+/m1/s1. The Labute approximate surface area is 122 Å². The van der Waals surface area contributed by atoms with E-state index in [4.69, 9.17) is 0 Å². The van der Waals surface area contributed by atoms with Crippen LogP contribution in [0.1, 0.15) is 51.9 Å². The fourth-order valence-corrected chi connectivity index (χ4v) is 4.57. The molecule has 0 unspecified atom stereocenters. The van der Waals surface area contributed by atoms with Crippen LogP contribution >= 0.6 is 0 Å². The zero-order valence-corrected chi connectivity index (χ0v) is 12.6. The highest BCUT2D eigenvalue weighted by molar-refractivity contribution is 5.78. The SMILES string of the molecule is C[C@@H]1C[C@@H]2CCCC[C@@H]2N1C[C@@H](O)CN1CCCC1=O. The lowest BCUT2D eigenvalue weighted by atomic mass is 9.85. The summed E-state index contributed by atoms with van der Waals surface area (Å²) < 4.78 is 0. The van der Waals surface area contributed by atoms with Crippen LogP contribution in [-0.2, 0) is 4.79 Å². The Hall–Kier alpha value is -0.610. The normalized spacial score (nSPS) is 36.4. The number of rotatable bonds is 4. The van der Waals surface area contributed by atoms with Gasteiger partial charge in [0.25, 0.3) is 0 Å². The van der Waals surface area contributed by atoms with Crippen molar-refractivity contribution in [2.45, 2.75) is 70.1 Å². The van der Waals surface area contributed by atoms with E-state index in [2.05, 4.69) is 11.8 Å². The zero-order valence-electron chi connectivity index (χ0n) is 12.6. The number of β-amino-alcohol motifs (C(OH)–C–C–N with tert-alkyl or cyclic N) is 1. The Balaban J connectivity index is 1.54. The van der Waals surface area contributed by atoms with E-state index in [1.807, 2.05) is 4.90 Å². The van der Waals surface area contributed by atoms with Crippen molar-refractivity contribution in [2.75, 3.05) is 19.6 Å². The van der Waals surface area contributed by atoms with Gasteiger partial charge in [0.05, 0.1) is 6.10 Å². The number of nitrogens with zero attached hydrogens (tertiary/aromatic N) is 2. The Kier molecular flexibility index (Phi) is 4.32. The smallest absolute Gasteiger partial charge is 0.222 e. The summed E-state index contributed by atoms with van der Waals surface area (Å²) in [5.41, 5.74) is 0. The van der Waals surface area contributed by atoms with Crippen LogP contribution in [0.5, 0.6) is 0 Å². The van der Waals surface area contributed by atoms with Gasteiger partial charge in [-0.3, -0.25) is 9.69 Å². The number of carbonyl (C=O) groups is 1. The predicted octanol–water partition coefficient (Wildman–Crippen LogP) is 1.62.